The van der Waals surface area contributed by atoms with E-state index in [0.29, 0.717) is 6.54 Å². The highest BCUT2D eigenvalue weighted by molar-refractivity contribution is 5.90. The summed E-state index contributed by atoms with van der Waals surface area (Å²) in [6.45, 7) is 2.07. The highest BCUT2D eigenvalue weighted by Gasteiger charge is 2.18. The number of nitrogens with one attached hydrogen (secondary N) is 1. The van der Waals surface area contributed by atoms with E-state index >= 15 is 0 Å². The summed E-state index contributed by atoms with van der Waals surface area (Å²) in [6, 6.07) is 16.4. The van der Waals surface area contributed by atoms with Crippen LogP contribution in [0.25, 0.3) is 0 Å². The molecule has 4 nitrogen and oxygen atoms in total. The largest absolute Gasteiger partial charge is 0.385 e. The third kappa shape index (κ3) is 5.57. The van der Waals surface area contributed by atoms with E-state index in [1.807, 2.05) is 29.2 Å². The van der Waals surface area contributed by atoms with Crippen molar-refractivity contribution in [3.8, 4) is 0 Å². The Morgan fingerprint density at radius 2 is 1.85 bits per heavy atom. The Hall–Kier alpha value is -2.33. The molecule has 4 heteroatoms. The van der Waals surface area contributed by atoms with E-state index in [4.69, 9.17) is 4.74 Å². The zero-order chi connectivity index (χ0) is 18.9. The standard InChI is InChI=1S/C23H30N2O2/c1-27-17-8-7-16-25(18-19-10-3-2-4-11-19)23(26)24-22-15-9-13-20-12-5-6-14-21(20)22/h2-4,9-11,13,15H,5-8,12,14,16-18H2,1H3,(H,24,26). The SMILES string of the molecule is COCCCCN(Cc1ccccc1)C(=O)Nc1cccc2c1CCCC2. The molecule has 1 aliphatic carbocycles. The lowest BCUT2D eigenvalue weighted by Gasteiger charge is -2.25. The van der Waals surface area contributed by atoms with Crippen molar-refractivity contribution in [2.75, 3.05) is 25.6 Å². The van der Waals surface area contributed by atoms with Gasteiger partial charge < -0.3 is 15.0 Å². The first-order valence-corrected chi connectivity index (χ1v) is 9.97. The third-order valence-electron chi connectivity index (χ3n) is 5.17. The first kappa shape index (κ1) is 19.4. The monoisotopic (exact) mass is 366 g/mol. The first-order valence-electron chi connectivity index (χ1n) is 9.97. The van der Waals surface area contributed by atoms with Crippen molar-refractivity contribution in [3.63, 3.8) is 0 Å². The van der Waals surface area contributed by atoms with Crippen molar-refractivity contribution >= 4 is 11.7 Å². The van der Waals surface area contributed by atoms with Gasteiger partial charge in [-0.05, 0) is 61.3 Å². The average Bonchev–Trinajstić information content (AvgIpc) is 2.71. The number of rotatable bonds is 8. The molecule has 2 aromatic rings. The second-order valence-electron chi connectivity index (χ2n) is 7.19. The quantitative estimate of drug-likeness (QED) is 0.666. The third-order valence-corrected chi connectivity index (χ3v) is 5.17. The lowest BCUT2D eigenvalue weighted by molar-refractivity contribution is 0.182. The molecule has 144 valence electrons. The zero-order valence-corrected chi connectivity index (χ0v) is 16.2. The number of amides is 2. The van der Waals surface area contributed by atoms with E-state index in [1.54, 1.807) is 7.11 Å². The van der Waals surface area contributed by atoms with Crippen molar-refractivity contribution in [3.05, 3.63) is 65.2 Å². The number of unbranched alkanes of at least 4 members (excludes halogenated alkanes) is 1. The number of carbonyl (C=O) groups excluding carboxylic acids is 1. The summed E-state index contributed by atoms with van der Waals surface area (Å²) in [6.07, 6.45) is 6.49. The van der Waals surface area contributed by atoms with Gasteiger partial charge in [-0.25, -0.2) is 4.79 Å². The smallest absolute Gasteiger partial charge is 0.322 e. The molecule has 3 rings (SSSR count). The molecule has 1 N–H and O–H groups in total. The summed E-state index contributed by atoms with van der Waals surface area (Å²) in [7, 11) is 1.72. The highest BCUT2D eigenvalue weighted by atomic mass is 16.5. The van der Waals surface area contributed by atoms with Gasteiger partial charge in [0, 0.05) is 32.5 Å². The molecule has 0 radical (unpaired) electrons. The molecule has 0 spiro atoms. The molecule has 2 amide bonds. The Kier molecular flexibility index (Phi) is 7.28. The minimum absolute atomic E-state index is 0.0183. The Labute approximate surface area is 162 Å². The van der Waals surface area contributed by atoms with Crippen LogP contribution in [0.15, 0.2) is 48.5 Å². The lowest BCUT2D eigenvalue weighted by atomic mass is 9.90. The van der Waals surface area contributed by atoms with Crippen LogP contribution in [0.2, 0.25) is 0 Å². The van der Waals surface area contributed by atoms with Crippen molar-refractivity contribution in [2.24, 2.45) is 0 Å². The summed E-state index contributed by atoms with van der Waals surface area (Å²) in [5.41, 5.74) is 4.83. The van der Waals surface area contributed by atoms with Crippen LogP contribution >= 0.6 is 0 Å². The van der Waals surface area contributed by atoms with Crippen molar-refractivity contribution < 1.29 is 9.53 Å². The van der Waals surface area contributed by atoms with E-state index in [9.17, 15) is 4.79 Å². The maximum absolute atomic E-state index is 13.1. The highest BCUT2D eigenvalue weighted by Crippen LogP contribution is 2.28. The molecule has 2 aromatic carbocycles. The van der Waals surface area contributed by atoms with Crippen LogP contribution in [0.1, 0.15) is 42.4 Å². The predicted octanol–water partition coefficient (Wildman–Crippen LogP) is 5.03. The summed E-state index contributed by atoms with van der Waals surface area (Å²) < 4.78 is 5.14. The molecule has 0 unspecified atom stereocenters. The Balaban J connectivity index is 1.70. The van der Waals surface area contributed by atoms with Crippen LogP contribution in [0.5, 0.6) is 0 Å². The van der Waals surface area contributed by atoms with Gasteiger partial charge in [0.25, 0.3) is 0 Å². The number of anilines is 1. The molecule has 0 saturated carbocycles. The predicted molar refractivity (Wildman–Crippen MR) is 110 cm³/mol. The first-order chi connectivity index (χ1) is 13.3. The minimum Gasteiger partial charge on any atom is -0.385 e. The fraction of sp³-hybridized carbons (Fsp3) is 0.435. The minimum atomic E-state index is -0.0183. The van der Waals surface area contributed by atoms with Crippen LogP contribution in [-0.2, 0) is 24.1 Å². The molecular weight excluding hydrogens is 336 g/mol. The number of hydrogen-bond acceptors (Lipinski definition) is 2. The van der Waals surface area contributed by atoms with Gasteiger partial charge in [0.05, 0.1) is 0 Å². The van der Waals surface area contributed by atoms with Crippen LogP contribution in [0.3, 0.4) is 0 Å². The second-order valence-corrected chi connectivity index (χ2v) is 7.19. The maximum atomic E-state index is 13.1. The average molecular weight is 367 g/mol. The topological polar surface area (TPSA) is 41.6 Å². The molecule has 0 aliphatic heterocycles. The van der Waals surface area contributed by atoms with Crippen LogP contribution in [0.4, 0.5) is 10.5 Å². The van der Waals surface area contributed by atoms with Gasteiger partial charge >= 0.3 is 6.03 Å². The molecule has 0 aromatic heterocycles. The van der Waals surface area contributed by atoms with Gasteiger partial charge in [0.1, 0.15) is 0 Å². The number of urea groups is 1. The summed E-state index contributed by atoms with van der Waals surface area (Å²) >= 11 is 0. The van der Waals surface area contributed by atoms with Gasteiger partial charge in [-0.15, -0.1) is 0 Å². The number of hydrogen-bond donors (Lipinski definition) is 1. The van der Waals surface area contributed by atoms with Crippen molar-refractivity contribution in [1.29, 1.82) is 0 Å². The molecule has 0 bridgehead atoms. The normalized spacial score (nSPS) is 13.1. The zero-order valence-electron chi connectivity index (χ0n) is 16.2. The lowest BCUT2D eigenvalue weighted by Crippen LogP contribution is -2.35. The van der Waals surface area contributed by atoms with E-state index in [2.05, 4.69) is 29.6 Å². The van der Waals surface area contributed by atoms with E-state index in [1.165, 1.54) is 24.0 Å². The Morgan fingerprint density at radius 3 is 2.67 bits per heavy atom. The molecule has 27 heavy (non-hydrogen) atoms. The summed E-state index contributed by atoms with van der Waals surface area (Å²) in [5, 5.41) is 3.19. The molecule has 0 fully saturated rings. The number of ether oxygens (including phenoxy) is 1. The molecule has 0 heterocycles. The van der Waals surface area contributed by atoms with Gasteiger partial charge in [0.2, 0.25) is 0 Å². The molecule has 1 aliphatic rings. The fourth-order valence-corrected chi connectivity index (χ4v) is 3.70. The number of methoxy groups -OCH3 is 1. The van der Waals surface area contributed by atoms with E-state index in [-0.39, 0.29) is 6.03 Å². The van der Waals surface area contributed by atoms with E-state index < -0.39 is 0 Å². The number of fused-ring (bicyclic) bond motifs is 1. The summed E-state index contributed by atoms with van der Waals surface area (Å²) in [5.74, 6) is 0. The molecule has 0 saturated heterocycles. The molecule has 0 atom stereocenters. The van der Waals surface area contributed by atoms with Crippen LogP contribution in [-0.4, -0.2) is 31.2 Å². The Bertz CT molecular complexity index is 730. The van der Waals surface area contributed by atoms with Gasteiger partial charge in [-0.1, -0.05) is 42.5 Å². The van der Waals surface area contributed by atoms with Gasteiger partial charge in [-0.3, -0.25) is 0 Å². The van der Waals surface area contributed by atoms with Crippen molar-refractivity contribution in [2.45, 2.75) is 45.1 Å². The van der Waals surface area contributed by atoms with Crippen LogP contribution in [0, 0.1) is 0 Å². The number of nitrogens with zero attached hydrogens (tertiary/aromatic N) is 1. The van der Waals surface area contributed by atoms with Gasteiger partial charge in [0.15, 0.2) is 0 Å². The maximum Gasteiger partial charge on any atom is 0.322 e. The fourth-order valence-electron chi connectivity index (χ4n) is 3.70. The summed E-state index contributed by atoms with van der Waals surface area (Å²) in [4.78, 5) is 15.0. The van der Waals surface area contributed by atoms with Crippen LogP contribution < -0.4 is 5.32 Å². The Morgan fingerprint density at radius 1 is 1.04 bits per heavy atom. The van der Waals surface area contributed by atoms with Crippen molar-refractivity contribution in [1.82, 2.24) is 4.90 Å². The molecular formula is C23H30N2O2. The van der Waals surface area contributed by atoms with E-state index in [0.717, 1.165) is 50.1 Å². The van der Waals surface area contributed by atoms with Gasteiger partial charge in [-0.2, -0.15) is 0 Å². The number of benzene rings is 2. The second kappa shape index (κ2) is 10.1. The number of aryl methyl sites for hydroxylation is 1. The number of carbonyl (C=O) groups is 1.